The summed E-state index contributed by atoms with van der Waals surface area (Å²) in [6, 6.07) is 2.99. The highest BCUT2D eigenvalue weighted by molar-refractivity contribution is 5.94. The summed E-state index contributed by atoms with van der Waals surface area (Å²) in [5.74, 6) is 0.288. The van der Waals surface area contributed by atoms with E-state index in [1.807, 2.05) is 11.8 Å². The number of hydrogen-bond acceptors (Lipinski definition) is 4. The van der Waals surface area contributed by atoms with Crippen molar-refractivity contribution in [2.24, 2.45) is 11.7 Å². The van der Waals surface area contributed by atoms with Gasteiger partial charge in [-0.3, -0.25) is 4.79 Å². The lowest BCUT2D eigenvalue weighted by atomic mass is 10.0. The molecule has 2 rings (SSSR count). The Kier molecular flexibility index (Phi) is 4.37. The van der Waals surface area contributed by atoms with Crippen molar-refractivity contribution in [3.05, 3.63) is 34.4 Å². The molecule has 5 heteroatoms. The number of carbonyl (C=O) groups is 1. The van der Waals surface area contributed by atoms with E-state index in [1.54, 1.807) is 0 Å². The molecule has 1 aromatic heterocycles. The normalized spacial score (nSPS) is 22.4. The molecule has 0 saturated heterocycles. The Hall–Kier alpha value is -1.62. The first kappa shape index (κ1) is 13.8. The molecule has 1 aromatic rings. The first-order chi connectivity index (χ1) is 9.17. The van der Waals surface area contributed by atoms with Crippen molar-refractivity contribution < 1.29 is 9.21 Å². The van der Waals surface area contributed by atoms with E-state index in [2.05, 4.69) is 0 Å². The van der Waals surface area contributed by atoms with Crippen molar-refractivity contribution in [2.75, 3.05) is 13.1 Å². The quantitative estimate of drug-likeness (QED) is 0.887. The molecule has 1 heterocycles. The molecule has 0 aliphatic heterocycles. The number of nitrogens with two attached hydrogens (primary N) is 1. The minimum Gasteiger partial charge on any atom is -0.430 e. The molecule has 0 spiro atoms. The van der Waals surface area contributed by atoms with Crippen LogP contribution in [0.1, 0.15) is 36.5 Å². The first-order valence-electron chi connectivity index (χ1n) is 6.77. The molecule has 104 valence electrons. The van der Waals surface area contributed by atoms with Gasteiger partial charge in [-0.2, -0.15) is 0 Å². The summed E-state index contributed by atoms with van der Waals surface area (Å²) in [5, 5.41) is 0. The van der Waals surface area contributed by atoms with Crippen LogP contribution in [-0.2, 0) is 0 Å². The Morgan fingerprint density at radius 2 is 2.26 bits per heavy atom. The van der Waals surface area contributed by atoms with E-state index >= 15 is 0 Å². The van der Waals surface area contributed by atoms with Crippen molar-refractivity contribution >= 4 is 5.91 Å². The second kappa shape index (κ2) is 6.02. The van der Waals surface area contributed by atoms with Crippen molar-refractivity contribution in [3.63, 3.8) is 0 Å². The lowest BCUT2D eigenvalue weighted by Gasteiger charge is -2.31. The molecule has 5 nitrogen and oxygen atoms in total. The molecular formula is C14H20N2O3. The van der Waals surface area contributed by atoms with Gasteiger partial charge in [0.15, 0.2) is 0 Å². The molecule has 0 bridgehead atoms. The zero-order chi connectivity index (χ0) is 13.8. The summed E-state index contributed by atoms with van der Waals surface area (Å²) in [6.07, 6.45) is 4.42. The van der Waals surface area contributed by atoms with Gasteiger partial charge in [0.1, 0.15) is 6.26 Å². The van der Waals surface area contributed by atoms with Crippen LogP contribution in [0.2, 0.25) is 0 Å². The van der Waals surface area contributed by atoms with Crippen molar-refractivity contribution in [1.82, 2.24) is 4.90 Å². The topological polar surface area (TPSA) is 76.5 Å². The van der Waals surface area contributed by atoms with E-state index in [9.17, 15) is 9.59 Å². The van der Waals surface area contributed by atoms with Gasteiger partial charge < -0.3 is 15.1 Å². The zero-order valence-electron chi connectivity index (χ0n) is 11.2. The summed E-state index contributed by atoms with van der Waals surface area (Å²) in [4.78, 5) is 25.2. The maximum atomic E-state index is 12.5. The Labute approximate surface area is 112 Å². The van der Waals surface area contributed by atoms with Gasteiger partial charge in [-0.1, -0.05) is 6.42 Å². The first-order valence-corrected chi connectivity index (χ1v) is 6.77. The Bertz CT molecular complexity index is 477. The molecule has 1 aliphatic rings. The highest BCUT2D eigenvalue weighted by Crippen LogP contribution is 2.30. The summed E-state index contributed by atoms with van der Waals surface area (Å²) >= 11 is 0. The van der Waals surface area contributed by atoms with E-state index in [0.717, 1.165) is 19.3 Å². The molecule has 1 amide bonds. The van der Waals surface area contributed by atoms with E-state index in [1.165, 1.54) is 18.4 Å². The summed E-state index contributed by atoms with van der Waals surface area (Å²) in [5.41, 5.74) is 5.75. The number of carbonyl (C=O) groups excluding carboxylic acids is 1. The Morgan fingerprint density at radius 1 is 1.47 bits per heavy atom. The van der Waals surface area contributed by atoms with Gasteiger partial charge >= 0.3 is 5.63 Å². The van der Waals surface area contributed by atoms with E-state index in [4.69, 9.17) is 10.2 Å². The predicted molar refractivity (Wildman–Crippen MR) is 71.9 cm³/mol. The monoisotopic (exact) mass is 264 g/mol. The second-order valence-electron chi connectivity index (χ2n) is 4.93. The summed E-state index contributed by atoms with van der Waals surface area (Å²) in [7, 11) is 0. The predicted octanol–water partition coefficient (Wildman–Crippen LogP) is 1.23. The molecular weight excluding hydrogens is 244 g/mol. The summed E-state index contributed by atoms with van der Waals surface area (Å²) in [6.45, 7) is 3.21. The van der Waals surface area contributed by atoms with Crippen LogP contribution in [0, 0.1) is 5.92 Å². The third-order valence-corrected chi connectivity index (χ3v) is 3.87. The lowest BCUT2D eigenvalue weighted by Crippen LogP contribution is -2.44. The van der Waals surface area contributed by atoms with E-state index in [0.29, 0.717) is 24.6 Å². The van der Waals surface area contributed by atoms with Crippen molar-refractivity contribution in [1.29, 1.82) is 0 Å². The van der Waals surface area contributed by atoms with Crippen LogP contribution in [0.4, 0.5) is 0 Å². The van der Waals surface area contributed by atoms with Crippen LogP contribution in [0.15, 0.2) is 27.6 Å². The Morgan fingerprint density at radius 3 is 2.84 bits per heavy atom. The number of rotatable bonds is 4. The van der Waals surface area contributed by atoms with Gasteiger partial charge in [-0.05, 0) is 38.3 Å². The fourth-order valence-electron chi connectivity index (χ4n) is 2.88. The molecule has 2 unspecified atom stereocenters. The van der Waals surface area contributed by atoms with E-state index < -0.39 is 5.63 Å². The van der Waals surface area contributed by atoms with Crippen LogP contribution < -0.4 is 11.4 Å². The molecule has 1 fully saturated rings. The van der Waals surface area contributed by atoms with Crippen LogP contribution in [0.25, 0.3) is 0 Å². The van der Waals surface area contributed by atoms with Gasteiger partial charge in [0.05, 0.1) is 5.56 Å². The average molecular weight is 264 g/mol. The molecule has 19 heavy (non-hydrogen) atoms. The fourth-order valence-corrected chi connectivity index (χ4v) is 2.88. The number of amides is 1. The van der Waals surface area contributed by atoms with Crippen molar-refractivity contribution in [2.45, 2.75) is 32.2 Å². The smallest absolute Gasteiger partial charge is 0.335 e. The van der Waals surface area contributed by atoms with Gasteiger partial charge in [0.2, 0.25) is 0 Å². The van der Waals surface area contributed by atoms with Crippen LogP contribution in [-0.4, -0.2) is 29.9 Å². The number of hydrogen-bond donors (Lipinski definition) is 1. The van der Waals surface area contributed by atoms with Crippen LogP contribution in [0.5, 0.6) is 0 Å². The maximum absolute atomic E-state index is 12.5. The molecule has 2 N–H and O–H groups in total. The highest BCUT2D eigenvalue weighted by atomic mass is 16.4. The second-order valence-corrected chi connectivity index (χ2v) is 4.93. The van der Waals surface area contributed by atoms with Crippen molar-refractivity contribution in [3.8, 4) is 0 Å². The molecule has 2 atom stereocenters. The third-order valence-electron chi connectivity index (χ3n) is 3.87. The molecule has 0 radical (unpaired) electrons. The van der Waals surface area contributed by atoms with Gasteiger partial charge in [0.25, 0.3) is 5.91 Å². The third kappa shape index (κ3) is 2.87. The average Bonchev–Trinajstić information content (AvgIpc) is 2.88. The van der Waals surface area contributed by atoms with E-state index in [-0.39, 0.29) is 11.9 Å². The van der Waals surface area contributed by atoms with Gasteiger partial charge in [-0.15, -0.1) is 0 Å². The molecule has 0 aromatic carbocycles. The zero-order valence-corrected chi connectivity index (χ0v) is 11.2. The largest absolute Gasteiger partial charge is 0.430 e. The van der Waals surface area contributed by atoms with Gasteiger partial charge in [-0.25, -0.2) is 4.79 Å². The molecule has 1 saturated carbocycles. The Balaban J connectivity index is 2.19. The highest BCUT2D eigenvalue weighted by Gasteiger charge is 2.33. The molecule has 1 aliphatic carbocycles. The van der Waals surface area contributed by atoms with Gasteiger partial charge in [0, 0.05) is 18.7 Å². The summed E-state index contributed by atoms with van der Waals surface area (Å²) < 4.78 is 4.76. The number of nitrogens with zero attached hydrogens (tertiary/aromatic N) is 1. The fraction of sp³-hybridized carbons (Fsp3) is 0.571. The minimum absolute atomic E-state index is 0.0865. The SMILES string of the molecule is CCN(C(=O)c1ccc(=O)oc1)C1CCCC1CN. The lowest BCUT2D eigenvalue weighted by molar-refractivity contribution is 0.0649. The van der Waals surface area contributed by atoms with Crippen LogP contribution >= 0.6 is 0 Å². The standard InChI is InChI=1S/C14H20N2O3/c1-2-16(12-5-3-4-10(12)8-15)14(18)11-6-7-13(17)19-9-11/h6-7,9-10,12H,2-5,8,15H2,1H3. The minimum atomic E-state index is -0.444. The maximum Gasteiger partial charge on any atom is 0.335 e. The van der Waals surface area contributed by atoms with Crippen LogP contribution in [0.3, 0.4) is 0 Å².